The lowest BCUT2D eigenvalue weighted by Gasteiger charge is -2.26. The van der Waals surface area contributed by atoms with E-state index in [2.05, 4.69) is 0 Å². The maximum Gasteiger partial charge on any atom is 0.359 e. The van der Waals surface area contributed by atoms with Gasteiger partial charge >= 0.3 is 5.97 Å². The molecule has 1 aliphatic rings. The van der Waals surface area contributed by atoms with Gasteiger partial charge in [0.15, 0.2) is 6.54 Å². The minimum Gasteiger partial charge on any atom is -0.477 e. The van der Waals surface area contributed by atoms with Gasteiger partial charge in [0.2, 0.25) is 0 Å². The number of carboxylic acids is 1. The third-order valence-corrected chi connectivity index (χ3v) is 2.16. The molecular weight excluding hydrogens is 130 g/mol. The maximum absolute atomic E-state index is 10.3. The summed E-state index contributed by atoms with van der Waals surface area (Å²) in [4.78, 5) is 10.3. The molecule has 0 spiro atoms. The molecule has 1 saturated heterocycles. The molecule has 0 aromatic rings. The first-order valence-corrected chi connectivity index (χ1v) is 3.68. The number of likely N-dealkylation sites (tertiary alicyclic amines) is 1. The largest absolute Gasteiger partial charge is 0.477 e. The van der Waals surface area contributed by atoms with Gasteiger partial charge in [0.1, 0.15) is 0 Å². The number of carboxylic acid groups (broad SMARTS) is 1. The number of nitrogens with zero attached hydrogens (tertiary/aromatic N) is 1. The predicted octanol–water partition coefficient (Wildman–Crippen LogP) is 0.311. The van der Waals surface area contributed by atoms with Gasteiger partial charge in [-0.2, -0.15) is 0 Å². The SMILES string of the molecule is C[N+]1(CC(=O)O)CCCC1. The van der Waals surface area contributed by atoms with Gasteiger partial charge < -0.3 is 9.59 Å². The van der Waals surface area contributed by atoms with Crippen molar-refractivity contribution >= 4 is 5.97 Å². The molecule has 1 fully saturated rings. The number of hydrogen-bond donors (Lipinski definition) is 1. The Labute approximate surface area is 60.8 Å². The Morgan fingerprint density at radius 2 is 2.00 bits per heavy atom. The van der Waals surface area contributed by atoms with Crippen LogP contribution in [0.3, 0.4) is 0 Å². The topological polar surface area (TPSA) is 37.3 Å². The van der Waals surface area contributed by atoms with Crippen molar-refractivity contribution in [2.24, 2.45) is 0 Å². The Kier molecular flexibility index (Phi) is 1.94. The van der Waals surface area contributed by atoms with E-state index in [1.54, 1.807) is 0 Å². The molecule has 0 amide bonds. The molecular formula is C7H14NO2+. The van der Waals surface area contributed by atoms with Crippen LogP contribution in [0.1, 0.15) is 12.8 Å². The minimum absolute atomic E-state index is 0.292. The van der Waals surface area contributed by atoms with Crippen LogP contribution in [-0.4, -0.2) is 42.2 Å². The van der Waals surface area contributed by atoms with Gasteiger partial charge in [0.05, 0.1) is 20.1 Å². The van der Waals surface area contributed by atoms with Crippen LogP contribution in [0.4, 0.5) is 0 Å². The van der Waals surface area contributed by atoms with Crippen LogP contribution in [0.5, 0.6) is 0 Å². The second kappa shape index (κ2) is 2.58. The van der Waals surface area contributed by atoms with Crippen molar-refractivity contribution in [2.75, 3.05) is 26.7 Å². The molecule has 1 aliphatic heterocycles. The molecule has 0 radical (unpaired) electrons. The molecule has 58 valence electrons. The molecule has 1 heterocycles. The van der Waals surface area contributed by atoms with Gasteiger partial charge in [-0.25, -0.2) is 4.79 Å². The highest BCUT2D eigenvalue weighted by Crippen LogP contribution is 2.14. The van der Waals surface area contributed by atoms with Gasteiger partial charge in [-0.05, 0) is 0 Å². The highest BCUT2D eigenvalue weighted by atomic mass is 16.4. The summed E-state index contributed by atoms with van der Waals surface area (Å²) in [6.07, 6.45) is 2.37. The molecule has 3 nitrogen and oxygen atoms in total. The second-order valence-corrected chi connectivity index (χ2v) is 3.33. The lowest BCUT2D eigenvalue weighted by molar-refractivity contribution is -0.890. The van der Waals surface area contributed by atoms with Crippen LogP contribution < -0.4 is 0 Å². The summed E-state index contributed by atoms with van der Waals surface area (Å²) in [6, 6.07) is 0. The van der Waals surface area contributed by atoms with E-state index in [1.165, 1.54) is 12.8 Å². The average Bonchev–Trinajstić information content (AvgIpc) is 2.12. The highest BCUT2D eigenvalue weighted by molar-refractivity contribution is 5.67. The summed E-state index contributed by atoms with van der Waals surface area (Å²) in [5, 5.41) is 8.52. The fraction of sp³-hybridized carbons (Fsp3) is 0.857. The normalized spacial score (nSPS) is 22.9. The first-order valence-electron chi connectivity index (χ1n) is 3.68. The van der Waals surface area contributed by atoms with E-state index in [1.807, 2.05) is 7.05 Å². The van der Waals surface area contributed by atoms with Crippen molar-refractivity contribution in [3.63, 3.8) is 0 Å². The van der Waals surface area contributed by atoms with Crippen LogP contribution >= 0.6 is 0 Å². The number of aliphatic carboxylic acids is 1. The summed E-state index contributed by atoms with van der Waals surface area (Å²) in [5.41, 5.74) is 0. The fourth-order valence-electron chi connectivity index (χ4n) is 1.58. The molecule has 1 rings (SSSR count). The quantitative estimate of drug-likeness (QED) is 0.566. The van der Waals surface area contributed by atoms with Crippen molar-refractivity contribution in [2.45, 2.75) is 12.8 Å². The third kappa shape index (κ3) is 1.70. The third-order valence-electron chi connectivity index (χ3n) is 2.16. The van der Waals surface area contributed by atoms with E-state index in [4.69, 9.17) is 5.11 Å². The summed E-state index contributed by atoms with van der Waals surface area (Å²) < 4.78 is 0.731. The molecule has 0 atom stereocenters. The molecule has 0 bridgehead atoms. The number of likely N-dealkylation sites (N-methyl/N-ethyl adjacent to an activating group) is 1. The average molecular weight is 144 g/mol. The first kappa shape index (κ1) is 7.54. The number of rotatable bonds is 2. The molecule has 0 saturated carbocycles. The summed E-state index contributed by atoms with van der Waals surface area (Å²) in [7, 11) is 2.02. The Morgan fingerprint density at radius 1 is 1.50 bits per heavy atom. The monoisotopic (exact) mass is 144 g/mol. The lowest BCUT2D eigenvalue weighted by atomic mass is 10.4. The van der Waals surface area contributed by atoms with Crippen LogP contribution in [0.2, 0.25) is 0 Å². The van der Waals surface area contributed by atoms with E-state index in [0.29, 0.717) is 6.54 Å². The van der Waals surface area contributed by atoms with Gasteiger partial charge in [-0.1, -0.05) is 0 Å². The van der Waals surface area contributed by atoms with E-state index < -0.39 is 5.97 Å². The molecule has 0 aliphatic carbocycles. The van der Waals surface area contributed by atoms with Crippen molar-refractivity contribution in [3.05, 3.63) is 0 Å². The standard InChI is InChI=1S/C7H13NO2/c1-8(6-7(9)10)4-2-3-5-8/h2-6H2,1H3/p+1. The van der Waals surface area contributed by atoms with Crippen LogP contribution in [-0.2, 0) is 4.79 Å². The van der Waals surface area contributed by atoms with Crippen molar-refractivity contribution in [3.8, 4) is 0 Å². The zero-order valence-electron chi connectivity index (χ0n) is 6.34. The minimum atomic E-state index is -0.676. The Balaban J connectivity index is 2.43. The highest BCUT2D eigenvalue weighted by Gasteiger charge is 2.28. The van der Waals surface area contributed by atoms with Crippen molar-refractivity contribution in [1.82, 2.24) is 0 Å². The van der Waals surface area contributed by atoms with E-state index in [-0.39, 0.29) is 0 Å². The lowest BCUT2D eigenvalue weighted by Crippen LogP contribution is -2.44. The van der Waals surface area contributed by atoms with Crippen molar-refractivity contribution in [1.29, 1.82) is 0 Å². The molecule has 0 unspecified atom stereocenters. The smallest absolute Gasteiger partial charge is 0.359 e. The Morgan fingerprint density at radius 3 is 2.40 bits per heavy atom. The Hall–Kier alpha value is -0.570. The van der Waals surface area contributed by atoms with Gasteiger partial charge in [0, 0.05) is 12.8 Å². The Bertz CT molecular complexity index is 139. The van der Waals surface area contributed by atoms with Crippen LogP contribution in [0.15, 0.2) is 0 Å². The maximum atomic E-state index is 10.3. The van der Waals surface area contributed by atoms with E-state index >= 15 is 0 Å². The van der Waals surface area contributed by atoms with E-state index in [9.17, 15) is 4.79 Å². The first-order chi connectivity index (χ1) is 4.62. The summed E-state index contributed by atoms with van der Waals surface area (Å²) >= 11 is 0. The molecule has 3 heteroatoms. The molecule has 0 aromatic carbocycles. The molecule has 10 heavy (non-hydrogen) atoms. The van der Waals surface area contributed by atoms with Gasteiger partial charge in [0.25, 0.3) is 0 Å². The zero-order chi connectivity index (χ0) is 7.61. The zero-order valence-corrected chi connectivity index (χ0v) is 6.34. The van der Waals surface area contributed by atoms with E-state index in [0.717, 1.165) is 17.6 Å². The molecule has 1 N–H and O–H groups in total. The summed E-state index contributed by atoms with van der Waals surface area (Å²) in [6.45, 7) is 2.36. The fourth-order valence-corrected chi connectivity index (χ4v) is 1.58. The number of quaternary nitrogens is 1. The molecule has 0 aromatic heterocycles. The van der Waals surface area contributed by atoms with Gasteiger partial charge in [-0.15, -0.1) is 0 Å². The van der Waals surface area contributed by atoms with Crippen LogP contribution in [0, 0.1) is 0 Å². The van der Waals surface area contributed by atoms with Gasteiger partial charge in [-0.3, -0.25) is 0 Å². The summed E-state index contributed by atoms with van der Waals surface area (Å²) in [5.74, 6) is -0.676. The van der Waals surface area contributed by atoms with Crippen molar-refractivity contribution < 1.29 is 14.4 Å². The van der Waals surface area contributed by atoms with Crippen LogP contribution in [0.25, 0.3) is 0 Å². The second-order valence-electron chi connectivity index (χ2n) is 3.33. The predicted molar refractivity (Wildman–Crippen MR) is 37.7 cm³/mol. The number of carbonyl (C=O) groups is 1. The number of hydrogen-bond acceptors (Lipinski definition) is 1.